The van der Waals surface area contributed by atoms with Gasteiger partial charge in [0, 0.05) is 32.7 Å². The minimum Gasteiger partial charge on any atom is -0.346 e. The van der Waals surface area contributed by atoms with E-state index in [1.807, 2.05) is 37.3 Å². The highest BCUT2D eigenvalue weighted by Gasteiger charge is 2.26. The number of piperazine rings is 1. The quantitative estimate of drug-likeness (QED) is 0.714. The lowest BCUT2D eigenvalue weighted by atomic mass is 10.0. The average Bonchev–Trinajstić information content (AvgIpc) is 2.76. The molecule has 2 aromatic carbocycles. The zero-order chi connectivity index (χ0) is 21.5. The van der Waals surface area contributed by atoms with Gasteiger partial charge < -0.3 is 15.5 Å². The van der Waals surface area contributed by atoms with Gasteiger partial charge in [0.25, 0.3) is 0 Å². The van der Waals surface area contributed by atoms with E-state index in [1.165, 1.54) is 12.1 Å². The molecule has 2 atom stereocenters. The van der Waals surface area contributed by atoms with Crippen LogP contribution in [-0.4, -0.2) is 61.4 Å². The van der Waals surface area contributed by atoms with Crippen molar-refractivity contribution in [2.45, 2.75) is 19.0 Å². The minimum absolute atomic E-state index is 0.123. The van der Waals surface area contributed by atoms with E-state index in [-0.39, 0.29) is 24.4 Å². The maximum Gasteiger partial charge on any atom is 0.309 e. The van der Waals surface area contributed by atoms with Crippen LogP contribution in [0.4, 0.5) is 4.39 Å². The first kappa shape index (κ1) is 21.9. The van der Waals surface area contributed by atoms with Gasteiger partial charge in [-0.15, -0.1) is 0 Å². The van der Waals surface area contributed by atoms with Gasteiger partial charge in [0.1, 0.15) is 5.82 Å². The van der Waals surface area contributed by atoms with E-state index in [1.54, 1.807) is 12.1 Å². The minimum atomic E-state index is -0.668. The molecule has 6 nitrogen and oxygen atoms in total. The molecule has 0 saturated carbocycles. The van der Waals surface area contributed by atoms with Crippen LogP contribution in [0.5, 0.6) is 0 Å². The van der Waals surface area contributed by atoms with Gasteiger partial charge >= 0.3 is 11.8 Å². The van der Waals surface area contributed by atoms with Gasteiger partial charge in [-0.2, -0.15) is 0 Å². The van der Waals surface area contributed by atoms with E-state index >= 15 is 0 Å². The van der Waals surface area contributed by atoms with Crippen LogP contribution in [0.15, 0.2) is 54.6 Å². The molecule has 0 aliphatic carbocycles. The van der Waals surface area contributed by atoms with Gasteiger partial charge in [0.05, 0.1) is 12.1 Å². The molecule has 2 N–H and O–H groups in total. The molecule has 30 heavy (non-hydrogen) atoms. The van der Waals surface area contributed by atoms with E-state index in [9.17, 15) is 14.0 Å². The first-order valence-electron chi connectivity index (χ1n) is 10.3. The molecule has 0 aromatic heterocycles. The number of amides is 2. The Morgan fingerprint density at radius 2 is 1.57 bits per heavy atom. The third-order valence-electron chi connectivity index (χ3n) is 5.54. The van der Waals surface area contributed by atoms with Gasteiger partial charge in [-0.1, -0.05) is 42.5 Å². The number of halogens is 1. The monoisotopic (exact) mass is 412 g/mol. The summed E-state index contributed by atoms with van der Waals surface area (Å²) >= 11 is 0. The summed E-state index contributed by atoms with van der Waals surface area (Å²) in [5, 5.41) is 5.49. The third kappa shape index (κ3) is 5.87. The zero-order valence-corrected chi connectivity index (χ0v) is 17.5. The molecule has 2 aromatic rings. The molecule has 7 heteroatoms. The summed E-state index contributed by atoms with van der Waals surface area (Å²) in [7, 11) is 2.07. The highest BCUT2D eigenvalue weighted by Crippen LogP contribution is 2.22. The van der Waals surface area contributed by atoms with Crippen molar-refractivity contribution in [2.24, 2.45) is 0 Å². The van der Waals surface area contributed by atoms with Crippen molar-refractivity contribution in [1.82, 2.24) is 20.4 Å². The Hall–Kier alpha value is -2.77. The van der Waals surface area contributed by atoms with E-state index in [0.717, 1.165) is 37.3 Å². The standard InChI is InChI=1S/C23H29FN4O2/c1-17(18-6-4-3-5-7-18)26-23(30)22(29)25-16-21(19-8-10-20(24)11-9-19)28-14-12-27(2)13-15-28/h3-11,17,21H,12-16H2,1-2H3,(H,25,29)(H,26,30). The molecule has 1 aliphatic heterocycles. The van der Waals surface area contributed by atoms with Crippen LogP contribution in [-0.2, 0) is 9.59 Å². The van der Waals surface area contributed by atoms with Crippen LogP contribution in [0.3, 0.4) is 0 Å². The Morgan fingerprint density at radius 3 is 2.20 bits per heavy atom. The number of rotatable bonds is 6. The molecule has 3 rings (SSSR count). The van der Waals surface area contributed by atoms with Crippen LogP contribution < -0.4 is 10.6 Å². The second kappa shape index (κ2) is 10.3. The lowest BCUT2D eigenvalue weighted by molar-refractivity contribution is -0.139. The van der Waals surface area contributed by atoms with Crippen LogP contribution in [0, 0.1) is 5.82 Å². The number of nitrogens with zero attached hydrogens (tertiary/aromatic N) is 2. The highest BCUT2D eigenvalue weighted by molar-refractivity contribution is 6.35. The molecular weight excluding hydrogens is 383 g/mol. The van der Waals surface area contributed by atoms with E-state index < -0.39 is 11.8 Å². The Balaban J connectivity index is 1.62. The van der Waals surface area contributed by atoms with Crippen LogP contribution >= 0.6 is 0 Å². The summed E-state index contributed by atoms with van der Waals surface area (Å²) in [6.07, 6.45) is 0. The van der Waals surface area contributed by atoms with Crippen LogP contribution in [0.1, 0.15) is 30.1 Å². The number of benzene rings is 2. The van der Waals surface area contributed by atoms with Gasteiger partial charge in [0.15, 0.2) is 0 Å². The highest BCUT2D eigenvalue weighted by atomic mass is 19.1. The molecule has 0 radical (unpaired) electrons. The molecule has 1 saturated heterocycles. The second-order valence-corrected chi connectivity index (χ2v) is 7.72. The zero-order valence-electron chi connectivity index (χ0n) is 17.5. The van der Waals surface area contributed by atoms with Crippen molar-refractivity contribution in [3.05, 3.63) is 71.5 Å². The molecule has 1 heterocycles. The van der Waals surface area contributed by atoms with Gasteiger partial charge in [-0.3, -0.25) is 14.5 Å². The molecular formula is C23H29FN4O2. The Bertz CT molecular complexity index is 836. The molecule has 160 valence electrons. The third-order valence-corrected chi connectivity index (χ3v) is 5.54. The van der Waals surface area contributed by atoms with Gasteiger partial charge in [-0.25, -0.2) is 4.39 Å². The van der Waals surface area contributed by atoms with Crippen molar-refractivity contribution in [3.63, 3.8) is 0 Å². The normalized spacial score (nSPS) is 17.2. The number of hydrogen-bond donors (Lipinski definition) is 2. The second-order valence-electron chi connectivity index (χ2n) is 7.72. The first-order valence-corrected chi connectivity index (χ1v) is 10.3. The van der Waals surface area contributed by atoms with E-state index in [2.05, 4.69) is 27.5 Å². The molecule has 2 unspecified atom stereocenters. The molecule has 2 amide bonds. The first-order chi connectivity index (χ1) is 14.4. The number of nitrogens with one attached hydrogen (secondary N) is 2. The van der Waals surface area contributed by atoms with E-state index in [4.69, 9.17) is 0 Å². The number of carbonyl (C=O) groups excluding carboxylic acids is 2. The molecule has 1 fully saturated rings. The van der Waals surface area contributed by atoms with Gasteiger partial charge in [0.2, 0.25) is 0 Å². The summed E-state index contributed by atoms with van der Waals surface area (Å²) in [6, 6.07) is 15.4. The summed E-state index contributed by atoms with van der Waals surface area (Å²) in [4.78, 5) is 29.3. The average molecular weight is 413 g/mol. The smallest absolute Gasteiger partial charge is 0.309 e. The van der Waals surface area contributed by atoms with Crippen molar-refractivity contribution < 1.29 is 14.0 Å². The predicted molar refractivity (Wildman–Crippen MR) is 114 cm³/mol. The summed E-state index contributed by atoms with van der Waals surface area (Å²) < 4.78 is 13.4. The molecule has 1 aliphatic rings. The Labute approximate surface area is 177 Å². The Morgan fingerprint density at radius 1 is 0.933 bits per heavy atom. The van der Waals surface area contributed by atoms with Gasteiger partial charge in [-0.05, 0) is 37.2 Å². The number of carbonyl (C=O) groups is 2. The molecule has 0 spiro atoms. The van der Waals surface area contributed by atoms with E-state index in [0.29, 0.717) is 0 Å². The summed E-state index contributed by atoms with van der Waals surface area (Å²) in [6.45, 7) is 5.63. The fourth-order valence-electron chi connectivity index (χ4n) is 3.63. The topological polar surface area (TPSA) is 64.7 Å². The lowest BCUT2D eigenvalue weighted by Gasteiger charge is -2.38. The lowest BCUT2D eigenvalue weighted by Crippen LogP contribution is -2.49. The molecule has 0 bridgehead atoms. The van der Waals surface area contributed by atoms with Crippen molar-refractivity contribution >= 4 is 11.8 Å². The van der Waals surface area contributed by atoms with Crippen molar-refractivity contribution in [1.29, 1.82) is 0 Å². The number of likely N-dealkylation sites (N-methyl/N-ethyl adjacent to an activating group) is 1. The fraction of sp³-hybridized carbons (Fsp3) is 0.391. The maximum atomic E-state index is 13.4. The summed E-state index contributed by atoms with van der Waals surface area (Å²) in [5.74, 6) is -1.63. The van der Waals surface area contributed by atoms with Crippen LogP contribution in [0.25, 0.3) is 0 Å². The van der Waals surface area contributed by atoms with Crippen LogP contribution in [0.2, 0.25) is 0 Å². The van der Waals surface area contributed by atoms with Crippen molar-refractivity contribution in [2.75, 3.05) is 39.8 Å². The Kier molecular flexibility index (Phi) is 7.54. The maximum absolute atomic E-state index is 13.4. The SMILES string of the molecule is CC(NC(=O)C(=O)NCC(c1ccc(F)cc1)N1CCN(C)CC1)c1ccccc1. The number of hydrogen-bond acceptors (Lipinski definition) is 4. The summed E-state index contributed by atoms with van der Waals surface area (Å²) in [5.41, 5.74) is 1.85. The van der Waals surface area contributed by atoms with Crippen molar-refractivity contribution in [3.8, 4) is 0 Å². The predicted octanol–water partition coefficient (Wildman–Crippen LogP) is 2.11. The largest absolute Gasteiger partial charge is 0.346 e. The fourth-order valence-corrected chi connectivity index (χ4v) is 3.63.